The van der Waals surface area contributed by atoms with Crippen molar-refractivity contribution in [1.82, 2.24) is 0 Å². The number of hydrogen-bond acceptors (Lipinski definition) is 2. The van der Waals surface area contributed by atoms with Crippen LogP contribution in [-0.4, -0.2) is 12.5 Å². The van der Waals surface area contributed by atoms with E-state index in [2.05, 4.69) is 0 Å². The summed E-state index contributed by atoms with van der Waals surface area (Å²) in [5.74, 6) is 0.816. The van der Waals surface area contributed by atoms with Gasteiger partial charge in [-0.25, -0.2) is 0 Å². The van der Waals surface area contributed by atoms with Crippen molar-refractivity contribution < 1.29 is 9.53 Å². The Balaban J connectivity index is 2.07. The molecule has 0 saturated heterocycles. The normalized spacial score (nSPS) is 15.0. The Hall–Kier alpha value is -1.22. The Kier molecular flexibility index (Phi) is 2.82. The number of primary amides is 1. The van der Waals surface area contributed by atoms with E-state index in [0.717, 1.165) is 0 Å². The average molecular weight is 226 g/mol. The van der Waals surface area contributed by atoms with Crippen LogP contribution in [0.2, 0.25) is 5.02 Å². The van der Waals surface area contributed by atoms with Crippen LogP contribution in [0.5, 0.6) is 5.75 Å². The van der Waals surface area contributed by atoms with Crippen molar-refractivity contribution in [3.63, 3.8) is 0 Å². The summed E-state index contributed by atoms with van der Waals surface area (Å²) in [6.07, 6.45) is 2.47. The number of hydrogen-bond donors (Lipinski definition) is 1. The molecule has 1 amide bonds. The van der Waals surface area contributed by atoms with Gasteiger partial charge >= 0.3 is 0 Å². The van der Waals surface area contributed by atoms with E-state index in [0.29, 0.717) is 28.9 Å². The van der Waals surface area contributed by atoms with Crippen LogP contribution in [-0.2, 0) is 0 Å². The van der Waals surface area contributed by atoms with Crippen LogP contribution in [0.1, 0.15) is 23.2 Å². The van der Waals surface area contributed by atoms with Crippen molar-refractivity contribution in [2.24, 2.45) is 11.7 Å². The zero-order valence-corrected chi connectivity index (χ0v) is 8.96. The second-order valence-electron chi connectivity index (χ2n) is 3.76. The topological polar surface area (TPSA) is 52.3 Å². The Morgan fingerprint density at radius 3 is 2.80 bits per heavy atom. The van der Waals surface area contributed by atoms with Gasteiger partial charge in [0.1, 0.15) is 5.75 Å². The first kappa shape index (κ1) is 10.3. The van der Waals surface area contributed by atoms with Gasteiger partial charge in [0.25, 0.3) is 0 Å². The van der Waals surface area contributed by atoms with Gasteiger partial charge in [0.15, 0.2) is 0 Å². The maximum atomic E-state index is 10.9. The fourth-order valence-corrected chi connectivity index (χ4v) is 1.50. The molecule has 0 atom stereocenters. The number of rotatable bonds is 4. The van der Waals surface area contributed by atoms with Crippen molar-refractivity contribution in [2.75, 3.05) is 6.61 Å². The lowest BCUT2D eigenvalue weighted by Gasteiger charge is -2.07. The molecule has 2 N–H and O–H groups in total. The summed E-state index contributed by atoms with van der Waals surface area (Å²) >= 11 is 5.94. The number of halogens is 1. The van der Waals surface area contributed by atoms with Crippen LogP contribution in [0, 0.1) is 5.92 Å². The zero-order chi connectivity index (χ0) is 10.8. The maximum Gasteiger partial charge on any atom is 0.248 e. The first-order valence-corrected chi connectivity index (χ1v) is 5.27. The predicted molar refractivity (Wildman–Crippen MR) is 58.2 cm³/mol. The molecular formula is C11H12ClNO2. The minimum atomic E-state index is -0.481. The molecular weight excluding hydrogens is 214 g/mol. The molecule has 0 aliphatic heterocycles. The molecule has 1 aromatic rings. The van der Waals surface area contributed by atoms with E-state index in [1.54, 1.807) is 12.1 Å². The van der Waals surface area contributed by atoms with Crippen molar-refractivity contribution >= 4 is 17.5 Å². The molecule has 0 spiro atoms. The summed E-state index contributed by atoms with van der Waals surface area (Å²) in [7, 11) is 0. The van der Waals surface area contributed by atoms with Crippen molar-refractivity contribution in [3.05, 3.63) is 28.8 Å². The first-order valence-electron chi connectivity index (χ1n) is 4.89. The van der Waals surface area contributed by atoms with Gasteiger partial charge < -0.3 is 10.5 Å². The molecule has 4 heteroatoms. The predicted octanol–water partition coefficient (Wildman–Crippen LogP) is 2.23. The van der Waals surface area contributed by atoms with Crippen LogP contribution >= 0.6 is 11.6 Å². The third-order valence-electron chi connectivity index (χ3n) is 2.39. The van der Waals surface area contributed by atoms with Gasteiger partial charge in [-0.05, 0) is 37.0 Å². The molecule has 1 fully saturated rings. The summed E-state index contributed by atoms with van der Waals surface area (Å²) in [6.45, 7) is 0.704. The third kappa shape index (κ3) is 2.63. The van der Waals surface area contributed by atoms with E-state index >= 15 is 0 Å². The van der Waals surface area contributed by atoms with E-state index in [1.807, 2.05) is 0 Å². The van der Waals surface area contributed by atoms with E-state index in [4.69, 9.17) is 22.1 Å². The minimum Gasteiger partial charge on any atom is -0.492 e. The average Bonchev–Trinajstić information content (AvgIpc) is 2.99. The van der Waals surface area contributed by atoms with E-state index in [1.165, 1.54) is 18.9 Å². The number of nitrogens with two attached hydrogens (primary N) is 1. The highest BCUT2D eigenvalue weighted by atomic mass is 35.5. The highest BCUT2D eigenvalue weighted by Crippen LogP contribution is 2.31. The molecule has 0 heterocycles. The van der Waals surface area contributed by atoms with Gasteiger partial charge in [0, 0.05) is 5.56 Å². The van der Waals surface area contributed by atoms with Gasteiger partial charge in [-0.3, -0.25) is 4.79 Å². The van der Waals surface area contributed by atoms with Crippen LogP contribution < -0.4 is 10.5 Å². The molecule has 0 aromatic heterocycles. The number of carbonyl (C=O) groups excluding carboxylic acids is 1. The van der Waals surface area contributed by atoms with Crippen molar-refractivity contribution in [2.45, 2.75) is 12.8 Å². The highest BCUT2D eigenvalue weighted by molar-refractivity contribution is 6.32. The van der Waals surface area contributed by atoms with E-state index in [9.17, 15) is 4.79 Å². The summed E-state index contributed by atoms with van der Waals surface area (Å²) < 4.78 is 5.51. The standard InChI is InChI=1S/C11H12ClNO2/c12-9-5-8(11(13)14)3-4-10(9)15-6-7-1-2-7/h3-5,7H,1-2,6H2,(H2,13,14). The summed E-state index contributed by atoms with van der Waals surface area (Å²) in [4.78, 5) is 10.9. The lowest BCUT2D eigenvalue weighted by molar-refractivity contribution is 0.100. The lowest BCUT2D eigenvalue weighted by Crippen LogP contribution is -2.10. The van der Waals surface area contributed by atoms with Crippen LogP contribution in [0.15, 0.2) is 18.2 Å². The zero-order valence-electron chi connectivity index (χ0n) is 8.20. The van der Waals surface area contributed by atoms with E-state index in [-0.39, 0.29) is 0 Å². The molecule has 1 aliphatic carbocycles. The quantitative estimate of drug-likeness (QED) is 0.854. The molecule has 3 nitrogen and oxygen atoms in total. The number of benzene rings is 1. The fraction of sp³-hybridized carbons (Fsp3) is 0.364. The summed E-state index contributed by atoms with van der Waals surface area (Å²) in [6, 6.07) is 4.84. The highest BCUT2D eigenvalue weighted by Gasteiger charge is 2.22. The van der Waals surface area contributed by atoms with Gasteiger partial charge in [0.2, 0.25) is 5.91 Å². The van der Waals surface area contributed by atoms with Gasteiger partial charge in [0.05, 0.1) is 11.6 Å². The molecule has 15 heavy (non-hydrogen) atoms. The Labute approximate surface area is 93.2 Å². The number of carbonyl (C=O) groups is 1. The van der Waals surface area contributed by atoms with Crippen LogP contribution in [0.4, 0.5) is 0 Å². The number of ether oxygens (including phenoxy) is 1. The van der Waals surface area contributed by atoms with Crippen LogP contribution in [0.3, 0.4) is 0 Å². The Morgan fingerprint density at radius 1 is 1.53 bits per heavy atom. The molecule has 1 aromatic carbocycles. The largest absolute Gasteiger partial charge is 0.492 e. The lowest BCUT2D eigenvalue weighted by atomic mass is 10.2. The molecule has 1 aliphatic rings. The number of amides is 1. The van der Waals surface area contributed by atoms with Crippen LogP contribution in [0.25, 0.3) is 0 Å². The minimum absolute atomic E-state index is 0.402. The third-order valence-corrected chi connectivity index (χ3v) is 2.68. The summed E-state index contributed by atoms with van der Waals surface area (Å²) in [5, 5.41) is 0.437. The molecule has 2 rings (SSSR count). The molecule has 80 valence electrons. The van der Waals surface area contributed by atoms with Gasteiger partial charge in [-0.15, -0.1) is 0 Å². The first-order chi connectivity index (χ1) is 7.16. The van der Waals surface area contributed by atoms with Gasteiger partial charge in [-0.1, -0.05) is 11.6 Å². The monoisotopic (exact) mass is 225 g/mol. The smallest absolute Gasteiger partial charge is 0.248 e. The van der Waals surface area contributed by atoms with Crippen molar-refractivity contribution in [3.8, 4) is 5.75 Å². The van der Waals surface area contributed by atoms with E-state index < -0.39 is 5.91 Å². The molecule has 0 radical (unpaired) electrons. The second kappa shape index (κ2) is 4.11. The fourth-order valence-electron chi connectivity index (χ4n) is 1.26. The Morgan fingerprint density at radius 2 is 2.27 bits per heavy atom. The van der Waals surface area contributed by atoms with Gasteiger partial charge in [-0.2, -0.15) is 0 Å². The molecule has 0 unspecified atom stereocenters. The van der Waals surface area contributed by atoms with Crippen molar-refractivity contribution in [1.29, 1.82) is 0 Å². The molecule has 1 saturated carbocycles. The SMILES string of the molecule is NC(=O)c1ccc(OCC2CC2)c(Cl)c1. The molecule has 0 bridgehead atoms. The maximum absolute atomic E-state index is 10.9. The Bertz CT molecular complexity index is 388. The second-order valence-corrected chi connectivity index (χ2v) is 4.17. The summed E-state index contributed by atoms with van der Waals surface area (Å²) in [5.41, 5.74) is 5.53.